The lowest BCUT2D eigenvalue weighted by Gasteiger charge is -2.23. The van der Waals surface area contributed by atoms with E-state index in [1.54, 1.807) is 0 Å². The Morgan fingerprint density at radius 3 is 2.47 bits per heavy atom. The van der Waals surface area contributed by atoms with Crippen molar-refractivity contribution >= 4 is 27.9 Å². The molecular formula is C14H23BrO4. The Labute approximate surface area is 123 Å². The van der Waals surface area contributed by atoms with Gasteiger partial charge in [-0.3, -0.25) is 9.59 Å². The zero-order valence-electron chi connectivity index (χ0n) is 11.5. The zero-order valence-corrected chi connectivity index (χ0v) is 13.1. The summed E-state index contributed by atoms with van der Waals surface area (Å²) >= 11 is 3.26. The van der Waals surface area contributed by atoms with Crippen LogP contribution >= 0.6 is 15.9 Å². The van der Waals surface area contributed by atoms with Gasteiger partial charge in [0.25, 0.3) is 0 Å². The fourth-order valence-corrected chi connectivity index (χ4v) is 2.54. The van der Waals surface area contributed by atoms with Crippen LogP contribution in [0.3, 0.4) is 0 Å². The molecule has 1 fully saturated rings. The minimum Gasteiger partial charge on any atom is -0.462 e. The van der Waals surface area contributed by atoms with Gasteiger partial charge in [0.05, 0.1) is 6.42 Å². The molecule has 4 nitrogen and oxygen atoms in total. The molecule has 0 aromatic carbocycles. The van der Waals surface area contributed by atoms with E-state index < -0.39 is 6.10 Å². The maximum atomic E-state index is 11.8. The van der Waals surface area contributed by atoms with Gasteiger partial charge in [0, 0.05) is 11.8 Å². The molecule has 0 N–H and O–H groups in total. The number of esters is 2. The summed E-state index contributed by atoms with van der Waals surface area (Å²) < 4.78 is 10.6. The smallest absolute Gasteiger partial charge is 0.309 e. The first-order chi connectivity index (χ1) is 9.15. The number of alkyl halides is 1. The molecule has 0 aliphatic heterocycles. The predicted octanol–water partition coefficient (Wildman–Crippen LogP) is 3.36. The van der Waals surface area contributed by atoms with Gasteiger partial charge >= 0.3 is 11.9 Å². The monoisotopic (exact) mass is 334 g/mol. The number of carbonyl (C=O) groups excluding carboxylic acids is 2. The van der Waals surface area contributed by atoms with Gasteiger partial charge in [0.1, 0.15) is 12.2 Å². The summed E-state index contributed by atoms with van der Waals surface area (Å²) in [6, 6.07) is 0. The van der Waals surface area contributed by atoms with Crippen LogP contribution in [-0.4, -0.2) is 29.5 Å². The average Bonchev–Trinajstić information content (AvgIpc) is 2.39. The number of hydrogen-bond donors (Lipinski definition) is 0. The SMILES string of the molecule is CCCC(=O)OC(CBr)CC(=O)OC1CCCCC1. The van der Waals surface area contributed by atoms with E-state index in [-0.39, 0.29) is 24.5 Å². The van der Waals surface area contributed by atoms with Crippen molar-refractivity contribution in [2.75, 3.05) is 5.33 Å². The highest BCUT2D eigenvalue weighted by atomic mass is 79.9. The quantitative estimate of drug-likeness (QED) is 0.529. The van der Waals surface area contributed by atoms with Crippen molar-refractivity contribution in [3.8, 4) is 0 Å². The second-order valence-electron chi connectivity index (χ2n) is 4.97. The van der Waals surface area contributed by atoms with E-state index in [0.29, 0.717) is 11.8 Å². The summed E-state index contributed by atoms with van der Waals surface area (Å²) in [5, 5.41) is 0.461. The molecule has 0 heterocycles. The second-order valence-corrected chi connectivity index (χ2v) is 5.62. The molecule has 0 radical (unpaired) electrons. The standard InChI is InChI=1S/C14H23BrO4/c1-2-6-13(16)19-12(10-15)9-14(17)18-11-7-4-3-5-8-11/h11-12H,2-10H2,1H3. The molecule has 1 rings (SSSR count). The first kappa shape index (κ1) is 16.5. The fraction of sp³-hybridized carbons (Fsp3) is 0.857. The molecule has 0 spiro atoms. The van der Waals surface area contributed by atoms with Gasteiger partial charge in [0.2, 0.25) is 0 Å². The Morgan fingerprint density at radius 2 is 1.89 bits per heavy atom. The number of halogens is 1. The summed E-state index contributed by atoms with van der Waals surface area (Å²) in [6.07, 6.45) is 6.32. The van der Waals surface area contributed by atoms with E-state index in [4.69, 9.17) is 9.47 Å². The second kappa shape index (κ2) is 9.34. The van der Waals surface area contributed by atoms with Gasteiger partial charge in [-0.2, -0.15) is 0 Å². The molecule has 0 amide bonds. The van der Waals surface area contributed by atoms with Gasteiger partial charge < -0.3 is 9.47 Å². The number of ether oxygens (including phenoxy) is 2. The van der Waals surface area contributed by atoms with Crippen LogP contribution in [0.25, 0.3) is 0 Å². The lowest BCUT2D eigenvalue weighted by molar-refractivity contribution is -0.157. The summed E-state index contributed by atoms with van der Waals surface area (Å²) in [5.74, 6) is -0.516. The third-order valence-electron chi connectivity index (χ3n) is 3.17. The first-order valence-corrected chi connectivity index (χ1v) is 8.22. The Bertz CT molecular complexity index is 287. The topological polar surface area (TPSA) is 52.6 Å². The van der Waals surface area contributed by atoms with Gasteiger partial charge in [0.15, 0.2) is 0 Å². The van der Waals surface area contributed by atoms with Crippen LogP contribution in [0.5, 0.6) is 0 Å². The van der Waals surface area contributed by atoms with E-state index in [1.807, 2.05) is 6.92 Å². The van der Waals surface area contributed by atoms with Crippen molar-refractivity contribution < 1.29 is 19.1 Å². The zero-order chi connectivity index (χ0) is 14.1. The van der Waals surface area contributed by atoms with Crippen LogP contribution in [0.1, 0.15) is 58.3 Å². The highest BCUT2D eigenvalue weighted by Crippen LogP contribution is 2.21. The van der Waals surface area contributed by atoms with E-state index in [2.05, 4.69) is 15.9 Å². The third kappa shape index (κ3) is 6.95. The molecule has 0 bridgehead atoms. The third-order valence-corrected chi connectivity index (χ3v) is 3.89. The number of rotatable bonds is 7. The Balaban J connectivity index is 2.29. The van der Waals surface area contributed by atoms with Gasteiger partial charge in [-0.25, -0.2) is 0 Å². The lowest BCUT2D eigenvalue weighted by atomic mass is 9.98. The molecule has 0 aromatic rings. The van der Waals surface area contributed by atoms with Crippen LogP contribution in [0.15, 0.2) is 0 Å². The van der Waals surface area contributed by atoms with Crippen molar-refractivity contribution in [1.82, 2.24) is 0 Å². The summed E-state index contributed by atoms with van der Waals surface area (Å²) in [5.41, 5.74) is 0. The van der Waals surface area contributed by atoms with E-state index in [1.165, 1.54) is 6.42 Å². The van der Waals surface area contributed by atoms with Gasteiger partial charge in [-0.15, -0.1) is 0 Å². The van der Waals surface area contributed by atoms with Crippen LogP contribution in [-0.2, 0) is 19.1 Å². The van der Waals surface area contributed by atoms with Crippen LogP contribution < -0.4 is 0 Å². The Morgan fingerprint density at radius 1 is 1.21 bits per heavy atom. The molecule has 110 valence electrons. The maximum Gasteiger partial charge on any atom is 0.309 e. The highest BCUT2D eigenvalue weighted by molar-refractivity contribution is 9.09. The lowest BCUT2D eigenvalue weighted by Crippen LogP contribution is -2.27. The van der Waals surface area contributed by atoms with Crippen LogP contribution in [0.2, 0.25) is 0 Å². The largest absolute Gasteiger partial charge is 0.462 e. The summed E-state index contributed by atoms with van der Waals surface area (Å²) in [4.78, 5) is 23.2. The molecular weight excluding hydrogens is 312 g/mol. The molecule has 1 atom stereocenters. The Kier molecular flexibility index (Phi) is 8.10. The minimum atomic E-state index is -0.421. The summed E-state index contributed by atoms with van der Waals surface area (Å²) in [7, 11) is 0. The number of hydrogen-bond acceptors (Lipinski definition) is 4. The Hall–Kier alpha value is -0.580. The highest BCUT2D eigenvalue weighted by Gasteiger charge is 2.22. The molecule has 0 aromatic heterocycles. The molecule has 1 saturated carbocycles. The minimum absolute atomic E-state index is 0.0589. The van der Waals surface area contributed by atoms with Gasteiger partial charge in [-0.1, -0.05) is 29.3 Å². The normalized spacial score (nSPS) is 17.8. The molecule has 1 aliphatic rings. The fourth-order valence-electron chi connectivity index (χ4n) is 2.18. The van der Waals surface area contributed by atoms with E-state index >= 15 is 0 Å². The van der Waals surface area contributed by atoms with E-state index in [0.717, 1.165) is 32.1 Å². The van der Waals surface area contributed by atoms with Gasteiger partial charge in [-0.05, 0) is 32.1 Å². The molecule has 5 heteroatoms. The van der Waals surface area contributed by atoms with Crippen LogP contribution in [0.4, 0.5) is 0 Å². The van der Waals surface area contributed by atoms with Crippen molar-refractivity contribution in [1.29, 1.82) is 0 Å². The number of carbonyl (C=O) groups is 2. The molecule has 1 unspecified atom stereocenters. The average molecular weight is 335 g/mol. The maximum absolute atomic E-state index is 11.8. The first-order valence-electron chi connectivity index (χ1n) is 7.10. The molecule has 0 saturated heterocycles. The van der Waals surface area contributed by atoms with Crippen molar-refractivity contribution in [2.45, 2.75) is 70.5 Å². The van der Waals surface area contributed by atoms with Crippen molar-refractivity contribution in [3.05, 3.63) is 0 Å². The molecule has 19 heavy (non-hydrogen) atoms. The summed E-state index contributed by atoms with van der Waals surface area (Å²) in [6.45, 7) is 1.92. The van der Waals surface area contributed by atoms with Crippen molar-refractivity contribution in [2.24, 2.45) is 0 Å². The molecule has 1 aliphatic carbocycles. The van der Waals surface area contributed by atoms with Crippen molar-refractivity contribution in [3.63, 3.8) is 0 Å². The van der Waals surface area contributed by atoms with Crippen LogP contribution in [0, 0.1) is 0 Å². The predicted molar refractivity (Wildman–Crippen MR) is 76.2 cm³/mol. The van der Waals surface area contributed by atoms with E-state index in [9.17, 15) is 9.59 Å².